The molecule has 0 amide bonds. The van der Waals surface area contributed by atoms with Crippen molar-refractivity contribution in [1.82, 2.24) is 25.1 Å². The van der Waals surface area contributed by atoms with Crippen LogP contribution in [0.4, 0.5) is 17.5 Å². The molecule has 160 valence electrons. The zero-order chi connectivity index (χ0) is 21.9. The Kier molecular flexibility index (Phi) is 5.27. The molecule has 1 saturated heterocycles. The zero-order valence-electron chi connectivity index (χ0n) is 17.5. The van der Waals surface area contributed by atoms with Crippen LogP contribution in [0.2, 0.25) is 0 Å². The Bertz CT molecular complexity index is 1320. The van der Waals surface area contributed by atoms with Gasteiger partial charge in [-0.15, -0.1) is 0 Å². The van der Waals surface area contributed by atoms with E-state index in [1.165, 1.54) is 6.21 Å². The number of pyridine rings is 2. The molecule has 0 saturated carbocycles. The third-order valence-corrected chi connectivity index (χ3v) is 5.40. The molecule has 0 unspecified atom stereocenters. The van der Waals surface area contributed by atoms with Crippen LogP contribution in [0.3, 0.4) is 0 Å². The first kappa shape index (κ1) is 19.8. The third-order valence-electron chi connectivity index (χ3n) is 5.40. The molecule has 5 heterocycles. The summed E-state index contributed by atoms with van der Waals surface area (Å²) in [4.78, 5) is 14.5. The van der Waals surface area contributed by atoms with Gasteiger partial charge in [0.15, 0.2) is 0 Å². The van der Waals surface area contributed by atoms with Crippen LogP contribution in [0.1, 0.15) is 23.6 Å². The molecular formula is C23H22N8O. The van der Waals surface area contributed by atoms with Crippen LogP contribution < -0.4 is 10.2 Å². The second-order valence-electron chi connectivity index (χ2n) is 7.50. The standard InChI is InChI=1S/C23H22N8O/c1-15-14-32-11-10-31(15)21-12-17(3-2-16-4-7-25-22-18(16)5-8-26-22)19(13-24)23(29-21)28-20-6-9-27-30-20/h4-9,12-13,15,24H,10-11,14H2,1H3,(H,25,26)(H2,27,28,29,30)/t15-/m1/s1. The average Bonchev–Trinajstić information content (AvgIpc) is 3.50. The van der Waals surface area contributed by atoms with Crippen molar-refractivity contribution < 1.29 is 4.74 Å². The number of morpholine rings is 1. The first-order chi connectivity index (χ1) is 15.7. The smallest absolute Gasteiger partial charge is 0.144 e. The predicted octanol–water partition coefficient (Wildman–Crippen LogP) is 3.05. The van der Waals surface area contributed by atoms with Crippen molar-refractivity contribution in [3.63, 3.8) is 0 Å². The Morgan fingerprint density at radius 1 is 1.25 bits per heavy atom. The fraction of sp³-hybridized carbons (Fsp3) is 0.217. The Morgan fingerprint density at radius 3 is 2.97 bits per heavy atom. The van der Waals surface area contributed by atoms with Gasteiger partial charge in [-0.1, -0.05) is 11.8 Å². The molecule has 1 aliphatic heterocycles. The van der Waals surface area contributed by atoms with Gasteiger partial charge in [0.1, 0.15) is 23.1 Å². The van der Waals surface area contributed by atoms with E-state index < -0.39 is 0 Å². The molecular weight excluding hydrogens is 404 g/mol. The van der Waals surface area contributed by atoms with Gasteiger partial charge in [-0.05, 0) is 25.1 Å². The minimum atomic E-state index is 0.183. The number of fused-ring (bicyclic) bond motifs is 1. The number of H-pyrrole nitrogens is 2. The van der Waals surface area contributed by atoms with Crippen LogP contribution in [0.5, 0.6) is 0 Å². The lowest BCUT2D eigenvalue weighted by atomic mass is 10.1. The number of ether oxygens (including phenoxy) is 1. The van der Waals surface area contributed by atoms with Gasteiger partial charge < -0.3 is 25.3 Å². The summed E-state index contributed by atoms with van der Waals surface area (Å²) >= 11 is 0. The molecule has 9 heteroatoms. The number of nitrogens with one attached hydrogen (secondary N) is 4. The monoisotopic (exact) mass is 426 g/mol. The average molecular weight is 426 g/mol. The minimum absolute atomic E-state index is 0.183. The van der Waals surface area contributed by atoms with E-state index in [-0.39, 0.29) is 6.04 Å². The van der Waals surface area contributed by atoms with Crippen molar-refractivity contribution in [3.8, 4) is 11.8 Å². The van der Waals surface area contributed by atoms with E-state index in [1.54, 1.807) is 12.4 Å². The molecule has 0 radical (unpaired) electrons. The molecule has 5 rings (SSSR count). The lowest BCUT2D eigenvalue weighted by Crippen LogP contribution is -2.44. The summed E-state index contributed by atoms with van der Waals surface area (Å²) in [6.45, 7) is 4.13. The highest BCUT2D eigenvalue weighted by Crippen LogP contribution is 2.27. The maximum atomic E-state index is 8.05. The number of nitrogens with zero attached hydrogens (tertiary/aromatic N) is 4. The maximum absolute atomic E-state index is 8.05. The second kappa shape index (κ2) is 8.53. The number of aromatic nitrogens is 5. The zero-order valence-corrected chi connectivity index (χ0v) is 17.5. The summed E-state index contributed by atoms with van der Waals surface area (Å²) in [6, 6.07) is 7.79. The third kappa shape index (κ3) is 3.79. The van der Waals surface area contributed by atoms with Gasteiger partial charge >= 0.3 is 0 Å². The van der Waals surface area contributed by atoms with Gasteiger partial charge in [-0.25, -0.2) is 9.97 Å². The van der Waals surface area contributed by atoms with Gasteiger partial charge in [-0.2, -0.15) is 5.10 Å². The van der Waals surface area contributed by atoms with E-state index in [2.05, 4.69) is 49.1 Å². The van der Waals surface area contributed by atoms with E-state index in [1.807, 2.05) is 30.5 Å². The fourth-order valence-electron chi connectivity index (χ4n) is 3.76. The van der Waals surface area contributed by atoms with Crippen molar-refractivity contribution >= 4 is 34.7 Å². The van der Waals surface area contributed by atoms with Crippen LogP contribution in [0.15, 0.2) is 42.9 Å². The van der Waals surface area contributed by atoms with Gasteiger partial charge in [0, 0.05) is 47.7 Å². The van der Waals surface area contributed by atoms with Gasteiger partial charge in [-0.3, -0.25) is 5.10 Å². The summed E-state index contributed by atoms with van der Waals surface area (Å²) in [6.07, 6.45) is 6.52. The number of hydrogen-bond acceptors (Lipinski definition) is 7. The van der Waals surface area contributed by atoms with Crippen LogP contribution in [0.25, 0.3) is 11.0 Å². The SMILES string of the molecule is C[C@@H]1COCCN1c1cc(C#Cc2ccnc3[nH]ccc23)c(C=N)c(Nc2ccn[nH]2)n1. The molecule has 1 fully saturated rings. The van der Waals surface area contributed by atoms with Crippen molar-refractivity contribution in [1.29, 1.82) is 5.41 Å². The van der Waals surface area contributed by atoms with E-state index >= 15 is 0 Å². The number of aromatic amines is 2. The topological polar surface area (TPSA) is 119 Å². The highest BCUT2D eigenvalue weighted by atomic mass is 16.5. The Balaban J connectivity index is 1.62. The van der Waals surface area contributed by atoms with Crippen molar-refractivity contribution in [3.05, 3.63) is 59.5 Å². The van der Waals surface area contributed by atoms with Crippen LogP contribution in [-0.4, -0.2) is 57.2 Å². The molecule has 1 aliphatic rings. The van der Waals surface area contributed by atoms with E-state index in [0.717, 1.165) is 29.0 Å². The van der Waals surface area contributed by atoms with Crippen LogP contribution in [0, 0.1) is 17.3 Å². The largest absolute Gasteiger partial charge is 0.377 e. The summed E-state index contributed by atoms with van der Waals surface area (Å²) in [5, 5.41) is 19.1. The molecule has 0 spiro atoms. The predicted molar refractivity (Wildman–Crippen MR) is 124 cm³/mol. The molecule has 4 aromatic rings. The number of rotatable bonds is 4. The molecule has 1 atom stereocenters. The van der Waals surface area contributed by atoms with E-state index in [0.29, 0.717) is 36.0 Å². The highest BCUT2D eigenvalue weighted by Gasteiger charge is 2.22. The summed E-state index contributed by atoms with van der Waals surface area (Å²) in [7, 11) is 0. The van der Waals surface area contributed by atoms with Crippen LogP contribution >= 0.6 is 0 Å². The van der Waals surface area contributed by atoms with Gasteiger partial charge in [0.05, 0.1) is 31.0 Å². The summed E-state index contributed by atoms with van der Waals surface area (Å²) in [5.41, 5.74) is 2.99. The summed E-state index contributed by atoms with van der Waals surface area (Å²) < 4.78 is 5.59. The van der Waals surface area contributed by atoms with E-state index in [9.17, 15) is 0 Å². The molecule has 0 aromatic carbocycles. The van der Waals surface area contributed by atoms with Crippen molar-refractivity contribution in [2.24, 2.45) is 0 Å². The normalized spacial score (nSPS) is 15.9. The maximum Gasteiger partial charge on any atom is 0.144 e. The van der Waals surface area contributed by atoms with Gasteiger partial charge in [0.2, 0.25) is 0 Å². The number of anilines is 3. The number of hydrogen-bond donors (Lipinski definition) is 4. The highest BCUT2D eigenvalue weighted by molar-refractivity contribution is 5.90. The first-order valence-electron chi connectivity index (χ1n) is 10.3. The Labute approximate surface area is 184 Å². The van der Waals surface area contributed by atoms with Gasteiger partial charge in [0.25, 0.3) is 0 Å². The lowest BCUT2D eigenvalue weighted by molar-refractivity contribution is 0.0985. The Morgan fingerprint density at radius 2 is 2.16 bits per heavy atom. The summed E-state index contributed by atoms with van der Waals surface area (Å²) in [5.74, 6) is 8.56. The van der Waals surface area contributed by atoms with Crippen LogP contribution in [-0.2, 0) is 4.74 Å². The Hall–Kier alpha value is -4.16. The fourth-order valence-corrected chi connectivity index (χ4v) is 3.76. The lowest BCUT2D eigenvalue weighted by Gasteiger charge is -2.34. The first-order valence-corrected chi connectivity index (χ1v) is 10.3. The molecule has 32 heavy (non-hydrogen) atoms. The molecule has 0 bridgehead atoms. The molecule has 4 N–H and O–H groups in total. The van der Waals surface area contributed by atoms with Crippen molar-refractivity contribution in [2.75, 3.05) is 30.0 Å². The van der Waals surface area contributed by atoms with Crippen molar-refractivity contribution in [2.45, 2.75) is 13.0 Å². The molecule has 0 aliphatic carbocycles. The molecule has 4 aromatic heterocycles. The quantitative estimate of drug-likeness (QED) is 0.294. The minimum Gasteiger partial charge on any atom is -0.377 e. The van der Waals surface area contributed by atoms with E-state index in [4.69, 9.17) is 15.1 Å². The second-order valence-corrected chi connectivity index (χ2v) is 7.50. The molecule has 9 nitrogen and oxygen atoms in total.